The first kappa shape index (κ1) is 15.6. The highest BCUT2D eigenvalue weighted by Gasteiger charge is 2.27. The van der Waals surface area contributed by atoms with Crippen LogP contribution in [0.25, 0.3) is 0 Å². The average Bonchev–Trinajstić information content (AvgIpc) is 2.49. The number of non-ortho nitro benzene ring substituents is 1. The average molecular weight is 292 g/mol. The van der Waals surface area contributed by atoms with Crippen LogP contribution in [0, 0.1) is 16.0 Å². The van der Waals surface area contributed by atoms with Gasteiger partial charge in [-0.25, -0.2) is 0 Å². The molecule has 0 bridgehead atoms. The highest BCUT2D eigenvalue weighted by atomic mass is 16.6. The highest BCUT2D eigenvalue weighted by molar-refractivity contribution is 5.97. The maximum absolute atomic E-state index is 12.2. The summed E-state index contributed by atoms with van der Waals surface area (Å²) in [7, 11) is 1.70. The number of benzene rings is 1. The molecular formula is C15H20N2O4. The maximum Gasteiger partial charge on any atom is 0.269 e. The lowest BCUT2D eigenvalue weighted by molar-refractivity contribution is -0.384. The second-order valence-electron chi connectivity index (χ2n) is 5.50. The number of ketones is 1. The Morgan fingerprint density at radius 2 is 2.10 bits per heavy atom. The molecule has 0 N–H and O–H groups in total. The van der Waals surface area contributed by atoms with Crippen molar-refractivity contribution in [2.45, 2.75) is 19.4 Å². The molecule has 1 aromatic rings. The number of hydrogen-bond acceptors (Lipinski definition) is 5. The van der Waals surface area contributed by atoms with Gasteiger partial charge in [0.05, 0.1) is 17.6 Å². The number of likely N-dealkylation sites (tertiary alicyclic amines) is 1. The number of hydrogen-bond donors (Lipinski definition) is 0. The monoisotopic (exact) mass is 292 g/mol. The first-order chi connectivity index (χ1) is 10.0. The van der Waals surface area contributed by atoms with Gasteiger partial charge in [0.2, 0.25) is 0 Å². The van der Waals surface area contributed by atoms with Crippen LogP contribution >= 0.6 is 0 Å². The summed E-state index contributed by atoms with van der Waals surface area (Å²) in [6.07, 6.45) is 1.16. The van der Waals surface area contributed by atoms with Gasteiger partial charge in [-0.3, -0.25) is 19.8 Å². The summed E-state index contributed by atoms with van der Waals surface area (Å²) in [5.41, 5.74) is 0.506. The summed E-state index contributed by atoms with van der Waals surface area (Å²) in [5.74, 6) is 0.482. The minimum atomic E-state index is -0.469. The maximum atomic E-state index is 12.2. The molecule has 2 unspecified atom stereocenters. The van der Waals surface area contributed by atoms with Crippen molar-refractivity contribution >= 4 is 11.5 Å². The van der Waals surface area contributed by atoms with Crippen molar-refractivity contribution in [2.24, 2.45) is 5.92 Å². The van der Waals surface area contributed by atoms with Crippen molar-refractivity contribution in [1.82, 2.24) is 4.90 Å². The molecule has 0 saturated carbocycles. The third-order valence-corrected chi connectivity index (χ3v) is 4.04. The zero-order valence-corrected chi connectivity index (χ0v) is 12.3. The molecule has 1 heterocycles. The van der Waals surface area contributed by atoms with Crippen LogP contribution in [0.15, 0.2) is 24.3 Å². The van der Waals surface area contributed by atoms with E-state index in [-0.39, 0.29) is 17.6 Å². The van der Waals surface area contributed by atoms with Gasteiger partial charge in [-0.2, -0.15) is 0 Å². The van der Waals surface area contributed by atoms with E-state index in [0.717, 1.165) is 19.5 Å². The third-order valence-electron chi connectivity index (χ3n) is 4.04. The van der Waals surface area contributed by atoms with Crippen LogP contribution in [-0.4, -0.2) is 48.5 Å². The molecule has 1 saturated heterocycles. The van der Waals surface area contributed by atoms with Crippen LogP contribution in [0.2, 0.25) is 0 Å². The van der Waals surface area contributed by atoms with E-state index in [1.54, 1.807) is 7.11 Å². The van der Waals surface area contributed by atoms with Crippen LogP contribution in [0.3, 0.4) is 0 Å². The van der Waals surface area contributed by atoms with Gasteiger partial charge in [-0.1, -0.05) is 6.92 Å². The zero-order chi connectivity index (χ0) is 15.4. The van der Waals surface area contributed by atoms with Crippen LogP contribution < -0.4 is 0 Å². The van der Waals surface area contributed by atoms with Gasteiger partial charge in [-0.15, -0.1) is 0 Å². The Morgan fingerprint density at radius 1 is 1.43 bits per heavy atom. The number of carbonyl (C=O) groups is 1. The fourth-order valence-corrected chi connectivity index (χ4v) is 2.61. The number of nitrogens with zero attached hydrogens (tertiary/aromatic N) is 2. The van der Waals surface area contributed by atoms with Crippen molar-refractivity contribution in [3.8, 4) is 0 Å². The van der Waals surface area contributed by atoms with Crippen LogP contribution in [-0.2, 0) is 4.74 Å². The summed E-state index contributed by atoms with van der Waals surface area (Å²) in [4.78, 5) is 24.4. The summed E-state index contributed by atoms with van der Waals surface area (Å²) >= 11 is 0. The molecule has 0 amide bonds. The molecule has 0 aliphatic carbocycles. The van der Waals surface area contributed by atoms with Gasteiger partial charge < -0.3 is 4.74 Å². The summed E-state index contributed by atoms with van der Waals surface area (Å²) in [6.45, 7) is 4.10. The lowest BCUT2D eigenvalue weighted by atomic mass is 9.95. The lowest BCUT2D eigenvalue weighted by Crippen LogP contribution is -2.45. The Morgan fingerprint density at radius 3 is 2.67 bits per heavy atom. The number of rotatable bonds is 5. The fourth-order valence-electron chi connectivity index (χ4n) is 2.61. The number of methoxy groups -OCH3 is 1. The topological polar surface area (TPSA) is 72.7 Å². The second-order valence-corrected chi connectivity index (χ2v) is 5.50. The van der Waals surface area contributed by atoms with Crippen molar-refractivity contribution in [1.29, 1.82) is 0 Å². The van der Waals surface area contributed by atoms with Crippen LogP contribution in [0.4, 0.5) is 5.69 Å². The molecule has 0 radical (unpaired) electrons. The number of ether oxygens (including phenoxy) is 1. The van der Waals surface area contributed by atoms with Gasteiger partial charge in [0, 0.05) is 31.4 Å². The molecule has 1 fully saturated rings. The van der Waals surface area contributed by atoms with Crippen molar-refractivity contribution < 1.29 is 14.5 Å². The van der Waals surface area contributed by atoms with E-state index >= 15 is 0 Å². The van der Waals surface area contributed by atoms with E-state index in [1.165, 1.54) is 24.3 Å². The van der Waals surface area contributed by atoms with Crippen molar-refractivity contribution in [3.63, 3.8) is 0 Å². The normalized spacial score (nSPS) is 23.0. The molecule has 0 spiro atoms. The third kappa shape index (κ3) is 3.86. The molecule has 6 nitrogen and oxygen atoms in total. The first-order valence-corrected chi connectivity index (χ1v) is 7.04. The Hall–Kier alpha value is -1.79. The fraction of sp³-hybridized carbons (Fsp3) is 0.533. The van der Waals surface area contributed by atoms with Crippen LogP contribution in [0.5, 0.6) is 0 Å². The minimum absolute atomic E-state index is 0.00204. The number of carbonyl (C=O) groups excluding carboxylic acids is 1. The van der Waals surface area contributed by atoms with E-state index in [2.05, 4.69) is 11.8 Å². The second kappa shape index (κ2) is 6.78. The number of nitro benzene ring substituents is 1. The summed E-state index contributed by atoms with van der Waals surface area (Å²) < 4.78 is 5.44. The van der Waals surface area contributed by atoms with E-state index in [0.29, 0.717) is 18.0 Å². The van der Waals surface area contributed by atoms with Gasteiger partial charge in [-0.05, 0) is 31.0 Å². The summed E-state index contributed by atoms with van der Waals surface area (Å²) in [6, 6.07) is 5.76. The molecule has 2 rings (SSSR count). The van der Waals surface area contributed by atoms with Gasteiger partial charge in [0.1, 0.15) is 0 Å². The summed E-state index contributed by atoms with van der Waals surface area (Å²) in [5, 5.41) is 10.6. The first-order valence-electron chi connectivity index (χ1n) is 7.04. The zero-order valence-electron chi connectivity index (χ0n) is 12.3. The van der Waals surface area contributed by atoms with Gasteiger partial charge >= 0.3 is 0 Å². The lowest BCUT2D eigenvalue weighted by Gasteiger charge is -2.35. The Balaban J connectivity index is 1.96. The Kier molecular flexibility index (Phi) is 5.03. The smallest absolute Gasteiger partial charge is 0.269 e. The van der Waals surface area contributed by atoms with Crippen molar-refractivity contribution in [2.75, 3.05) is 26.7 Å². The van der Waals surface area contributed by atoms with E-state index in [9.17, 15) is 14.9 Å². The molecular weight excluding hydrogens is 272 g/mol. The largest absolute Gasteiger partial charge is 0.380 e. The Bertz CT molecular complexity index is 515. The van der Waals surface area contributed by atoms with Crippen molar-refractivity contribution in [3.05, 3.63) is 39.9 Å². The predicted molar refractivity (Wildman–Crippen MR) is 78.4 cm³/mol. The SMILES string of the molecule is COC1CN(CC(=O)c2ccc([N+](=O)[O-])cc2)CCC1C. The number of piperidine rings is 1. The predicted octanol–water partition coefficient (Wildman–Crippen LogP) is 2.13. The van der Waals surface area contributed by atoms with E-state index in [4.69, 9.17) is 4.74 Å². The number of Topliss-reactive ketones (excluding diaryl/α,β-unsaturated/α-hetero) is 1. The molecule has 1 aliphatic rings. The molecule has 114 valence electrons. The molecule has 1 aliphatic heterocycles. The molecule has 21 heavy (non-hydrogen) atoms. The standard InChI is InChI=1S/C15H20N2O4/c1-11-7-8-16(10-15(11)21-2)9-14(18)12-3-5-13(6-4-12)17(19)20/h3-6,11,15H,7-10H2,1-2H3. The molecule has 1 aromatic carbocycles. The molecule has 2 atom stereocenters. The minimum Gasteiger partial charge on any atom is -0.380 e. The Labute approximate surface area is 123 Å². The highest BCUT2D eigenvalue weighted by Crippen LogP contribution is 2.20. The number of nitro groups is 1. The van der Waals surface area contributed by atoms with E-state index in [1.807, 2.05) is 0 Å². The molecule has 0 aromatic heterocycles. The van der Waals surface area contributed by atoms with Gasteiger partial charge in [0.15, 0.2) is 5.78 Å². The molecule has 6 heteroatoms. The van der Waals surface area contributed by atoms with Gasteiger partial charge in [0.25, 0.3) is 5.69 Å². The quantitative estimate of drug-likeness (QED) is 0.472. The van der Waals surface area contributed by atoms with Crippen LogP contribution in [0.1, 0.15) is 23.7 Å². The van der Waals surface area contributed by atoms with E-state index < -0.39 is 4.92 Å².